The minimum absolute atomic E-state index is 0.0369. The molecule has 0 aliphatic rings. The average Bonchev–Trinajstić information content (AvgIpc) is 2.86. The normalized spacial score (nSPS) is 10.6. The number of hydrogen-bond acceptors (Lipinski definition) is 3. The van der Waals surface area contributed by atoms with E-state index >= 15 is 0 Å². The van der Waals surface area contributed by atoms with Crippen molar-refractivity contribution in [3.63, 3.8) is 0 Å². The van der Waals surface area contributed by atoms with Crippen LogP contribution in [0.1, 0.15) is 5.56 Å². The minimum atomic E-state index is -0.0369. The van der Waals surface area contributed by atoms with Crippen molar-refractivity contribution in [2.75, 3.05) is 11.1 Å². The van der Waals surface area contributed by atoms with Crippen LogP contribution in [-0.4, -0.2) is 5.91 Å². The summed E-state index contributed by atoms with van der Waals surface area (Å²) in [4.78, 5) is 12.0. The Balaban J connectivity index is 1.72. The average molecular weight is 282 g/mol. The van der Waals surface area contributed by atoms with Gasteiger partial charge in [0.25, 0.3) is 0 Å². The first-order valence-electron chi connectivity index (χ1n) is 6.32. The Kier molecular flexibility index (Phi) is 3.39. The fraction of sp³-hybridized carbons (Fsp3) is 0.0625. The van der Waals surface area contributed by atoms with Crippen molar-refractivity contribution in [1.29, 1.82) is 0 Å². The minimum Gasteiger partial charge on any atom is -0.399 e. The number of thiophene rings is 1. The molecule has 0 radical (unpaired) electrons. The van der Waals surface area contributed by atoms with Crippen LogP contribution in [0.4, 0.5) is 11.4 Å². The second kappa shape index (κ2) is 5.35. The molecule has 0 aliphatic heterocycles. The highest BCUT2D eigenvalue weighted by Gasteiger charge is 2.05. The van der Waals surface area contributed by atoms with E-state index in [4.69, 9.17) is 5.73 Å². The third-order valence-corrected chi connectivity index (χ3v) is 3.95. The molecular weight excluding hydrogens is 268 g/mol. The van der Waals surface area contributed by atoms with E-state index in [-0.39, 0.29) is 5.91 Å². The van der Waals surface area contributed by atoms with Crippen molar-refractivity contribution in [3.05, 3.63) is 59.5 Å². The topological polar surface area (TPSA) is 55.1 Å². The lowest BCUT2D eigenvalue weighted by Crippen LogP contribution is -2.14. The van der Waals surface area contributed by atoms with E-state index < -0.39 is 0 Å². The van der Waals surface area contributed by atoms with Crippen LogP contribution in [0.3, 0.4) is 0 Å². The van der Waals surface area contributed by atoms with E-state index in [2.05, 4.69) is 5.32 Å². The van der Waals surface area contributed by atoms with E-state index in [0.717, 1.165) is 16.6 Å². The van der Waals surface area contributed by atoms with Gasteiger partial charge in [0.1, 0.15) is 0 Å². The zero-order valence-electron chi connectivity index (χ0n) is 10.8. The van der Waals surface area contributed by atoms with Crippen molar-refractivity contribution in [1.82, 2.24) is 0 Å². The lowest BCUT2D eigenvalue weighted by atomic mass is 10.1. The van der Waals surface area contributed by atoms with E-state index in [1.165, 1.54) is 4.70 Å². The van der Waals surface area contributed by atoms with Gasteiger partial charge in [0, 0.05) is 16.1 Å². The van der Waals surface area contributed by atoms with Crippen LogP contribution >= 0.6 is 11.3 Å². The van der Waals surface area contributed by atoms with Gasteiger partial charge in [-0.1, -0.05) is 12.1 Å². The Morgan fingerprint density at radius 2 is 2.05 bits per heavy atom. The Morgan fingerprint density at radius 1 is 1.15 bits per heavy atom. The highest BCUT2D eigenvalue weighted by molar-refractivity contribution is 7.17. The summed E-state index contributed by atoms with van der Waals surface area (Å²) in [7, 11) is 0. The Labute approximate surface area is 121 Å². The smallest absolute Gasteiger partial charge is 0.228 e. The summed E-state index contributed by atoms with van der Waals surface area (Å²) in [5.74, 6) is -0.0369. The summed E-state index contributed by atoms with van der Waals surface area (Å²) >= 11 is 1.69. The number of fused-ring (bicyclic) bond motifs is 1. The molecule has 1 aromatic heterocycles. The Morgan fingerprint density at radius 3 is 2.90 bits per heavy atom. The SMILES string of the molecule is Nc1cccc(CC(=O)Nc2ccc3sccc3c2)c1. The summed E-state index contributed by atoms with van der Waals surface area (Å²) in [5.41, 5.74) is 8.12. The van der Waals surface area contributed by atoms with Gasteiger partial charge in [-0.2, -0.15) is 0 Å². The standard InChI is InChI=1S/C16H14N2OS/c17-13-3-1-2-11(8-13)9-16(19)18-14-4-5-15-12(10-14)6-7-20-15/h1-8,10H,9,17H2,(H,18,19). The number of hydrogen-bond donors (Lipinski definition) is 2. The number of benzene rings is 2. The zero-order valence-corrected chi connectivity index (χ0v) is 11.6. The number of carbonyl (C=O) groups excluding carboxylic acids is 1. The van der Waals surface area contributed by atoms with E-state index in [1.807, 2.05) is 53.9 Å². The number of anilines is 2. The van der Waals surface area contributed by atoms with Gasteiger partial charge in [-0.25, -0.2) is 0 Å². The van der Waals surface area contributed by atoms with E-state index in [1.54, 1.807) is 11.3 Å². The molecule has 0 fully saturated rings. The molecular formula is C16H14N2OS. The fourth-order valence-corrected chi connectivity index (χ4v) is 2.91. The van der Waals surface area contributed by atoms with Crippen molar-refractivity contribution in [2.24, 2.45) is 0 Å². The molecule has 0 aliphatic carbocycles. The number of amides is 1. The number of carbonyl (C=O) groups is 1. The molecule has 0 saturated heterocycles. The predicted molar refractivity (Wildman–Crippen MR) is 85.0 cm³/mol. The largest absolute Gasteiger partial charge is 0.399 e. The van der Waals surface area contributed by atoms with Gasteiger partial charge < -0.3 is 11.1 Å². The maximum absolute atomic E-state index is 12.0. The van der Waals surface area contributed by atoms with Gasteiger partial charge in [0.15, 0.2) is 0 Å². The molecule has 1 amide bonds. The van der Waals surface area contributed by atoms with Crippen LogP contribution < -0.4 is 11.1 Å². The molecule has 100 valence electrons. The monoisotopic (exact) mass is 282 g/mol. The molecule has 3 aromatic rings. The van der Waals surface area contributed by atoms with Gasteiger partial charge in [-0.05, 0) is 52.7 Å². The van der Waals surface area contributed by atoms with Crippen LogP contribution in [0.5, 0.6) is 0 Å². The molecule has 2 aromatic carbocycles. The number of nitrogens with one attached hydrogen (secondary N) is 1. The van der Waals surface area contributed by atoms with E-state index in [0.29, 0.717) is 12.1 Å². The summed E-state index contributed by atoms with van der Waals surface area (Å²) in [6.07, 6.45) is 0.326. The van der Waals surface area contributed by atoms with Crippen LogP contribution in [0.25, 0.3) is 10.1 Å². The van der Waals surface area contributed by atoms with Gasteiger partial charge >= 0.3 is 0 Å². The Bertz CT molecular complexity index is 764. The summed E-state index contributed by atoms with van der Waals surface area (Å²) in [5, 5.41) is 6.11. The van der Waals surface area contributed by atoms with Crippen molar-refractivity contribution in [2.45, 2.75) is 6.42 Å². The first-order chi connectivity index (χ1) is 9.70. The lowest BCUT2D eigenvalue weighted by Gasteiger charge is -2.06. The summed E-state index contributed by atoms with van der Waals surface area (Å²) in [6, 6.07) is 15.4. The maximum atomic E-state index is 12.0. The molecule has 0 saturated carbocycles. The molecule has 0 bridgehead atoms. The van der Waals surface area contributed by atoms with Crippen molar-refractivity contribution >= 4 is 38.7 Å². The third-order valence-electron chi connectivity index (χ3n) is 3.05. The number of nitrogen functional groups attached to an aromatic ring is 1. The van der Waals surface area contributed by atoms with Gasteiger partial charge in [0.05, 0.1) is 6.42 Å². The molecule has 1 heterocycles. The summed E-state index contributed by atoms with van der Waals surface area (Å²) in [6.45, 7) is 0. The van der Waals surface area contributed by atoms with Crippen molar-refractivity contribution < 1.29 is 4.79 Å². The summed E-state index contributed by atoms with van der Waals surface area (Å²) < 4.78 is 1.22. The van der Waals surface area contributed by atoms with Gasteiger partial charge in [0.2, 0.25) is 5.91 Å². The predicted octanol–water partition coefficient (Wildman–Crippen LogP) is 3.66. The molecule has 3 rings (SSSR count). The van der Waals surface area contributed by atoms with Crippen LogP contribution in [0, 0.1) is 0 Å². The van der Waals surface area contributed by atoms with Crippen LogP contribution in [0.2, 0.25) is 0 Å². The lowest BCUT2D eigenvalue weighted by molar-refractivity contribution is -0.115. The molecule has 3 nitrogen and oxygen atoms in total. The molecule has 0 spiro atoms. The van der Waals surface area contributed by atoms with Gasteiger partial charge in [-0.15, -0.1) is 11.3 Å². The van der Waals surface area contributed by atoms with Gasteiger partial charge in [-0.3, -0.25) is 4.79 Å². The quantitative estimate of drug-likeness (QED) is 0.720. The van der Waals surface area contributed by atoms with Crippen LogP contribution in [0.15, 0.2) is 53.9 Å². The number of rotatable bonds is 3. The second-order valence-corrected chi connectivity index (χ2v) is 5.59. The molecule has 0 atom stereocenters. The molecule has 3 N–H and O–H groups in total. The highest BCUT2D eigenvalue weighted by Crippen LogP contribution is 2.24. The molecule has 0 unspecified atom stereocenters. The van der Waals surface area contributed by atoms with E-state index in [9.17, 15) is 4.79 Å². The third kappa shape index (κ3) is 2.81. The van der Waals surface area contributed by atoms with Crippen molar-refractivity contribution in [3.8, 4) is 0 Å². The Hall–Kier alpha value is -2.33. The molecule has 4 heteroatoms. The zero-order chi connectivity index (χ0) is 13.9. The second-order valence-electron chi connectivity index (χ2n) is 4.64. The fourth-order valence-electron chi connectivity index (χ4n) is 2.14. The first kappa shape index (κ1) is 12.7. The van der Waals surface area contributed by atoms with Crippen LogP contribution in [-0.2, 0) is 11.2 Å². The first-order valence-corrected chi connectivity index (χ1v) is 7.20. The molecule has 20 heavy (non-hydrogen) atoms. The number of nitrogens with two attached hydrogens (primary N) is 1. The highest BCUT2D eigenvalue weighted by atomic mass is 32.1. The maximum Gasteiger partial charge on any atom is 0.228 e.